The molecule has 29 heavy (non-hydrogen) atoms. The molecule has 2 aliphatic heterocycles. The van der Waals surface area contributed by atoms with Gasteiger partial charge in [-0.2, -0.15) is 16.1 Å². The molecule has 0 spiro atoms. The Hall–Kier alpha value is -1.55. The Balaban J connectivity index is 1.40. The lowest BCUT2D eigenvalue weighted by molar-refractivity contribution is 0.0952. The molecule has 6 nitrogen and oxygen atoms in total. The molecule has 3 heterocycles. The predicted octanol–water partition coefficient (Wildman–Crippen LogP) is 3.02. The Morgan fingerprint density at radius 2 is 1.69 bits per heavy atom. The Morgan fingerprint density at radius 3 is 2.38 bits per heavy atom. The predicted molar refractivity (Wildman–Crippen MR) is 119 cm³/mol. The van der Waals surface area contributed by atoms with Crippen LogP contribution in [0.15, 0.2) is 40.6 Å². The second-order valence-corrected chi connectivity index (χ2v) is 11.2. The third kappa shape index (κ3) is 4.63. The zero-order valence-electron chi connectivity index (χ0n) is 16.2. The molecule has 1 aromatic heterocycles. The number of benzene rings is 1. The van der Waals surface area contributed by atoms with E-state index in [0.29, 0.717) is 19.6 Å². The zero-order valence-corrected chi connectivity index (χ0v) is 18.6. The van der Waals surface area contributed by atoms with Gasteiger partial charge in [0.15, 0.2) is 0 Å². The summed E-state index contributed by atoms with van der Waals surface area (Å²) in [6.07, 6.45) is 1.74. The number of sulfonamides is 1. The van der Waals surface area contributed by atoms with Crippen LogP contribution in [0.25, 0.3) is 0 Å². The summed E-state index contributed by atoms with van der Waals surface area (Å²) in [6, 6.07) is 9.76. The van der Waals surface area contributed by atoms with Gasteiger partial charge in [-0.25, -0.2) is 8.42 Å². The van der Waals surface area contributed by atoms with Crippen molar-refractivity contribution >= 4 is 44.7 Å². The van der Waals surface area contributed by atoms with Crippen molar-refractivity contribution in [2.45, 2.75) is 24.3 Å². The highest BCUT2D eigenvalue weighted by molar-refractivity contribution is 7.99. The van der Waals surface area contributed by atoms with Gasteiger partial charge in [-0.1, -0.05) is 12.1 Å². The monoisotopic (exact) mass is 451 g/mol. The van der Waals surface area contributed by atoms with Gasteiger partial charge >= 0.3 is 0 Å². The molecule has 156 valence electrons. The summed E-state index contributed by atoms with van der Waals surface area (Å²) in [7, 11) is -3.60. The summed E-state index contributed by atoms with van der Waals surface area (Å²) in [5, 5.41) is 4.55. The van der Waals surface area contributed by atoms with Gasteiger partial charge < -0.3 is 10.2 Å². The number of thiophene rings is 1. The van der Waals surface area contributed by atoms with Gasteiger partial charge in [0.2, 0.25) is 10.0 Å². The minimum Gasteiger partial charge on any atom is -0.370 e. The van der Waals surface area contributed by atoms with E-state index in [1.54, 1.807) is 11.4 Å². The first kappa shape index (κ1) is 20.7. The van der Waals surface area contributed by atoms with Gasteiger partial charge in [0.1, 0.15) is 9.77 Å². The lowest BCUT2D eigenvalue weighted by Gasteiger charge is -2.28. The fourth-order valence-electron chi connectivity index (χ4n) is 3.64. The van der Waals surface area contributed by atoms with Crippen molar-refractivity contribution in [1.29, 1.82) is 0 Å². The van der Waals surface area contributed by atoms with Gasteiger partial charge in [0, 0.05) is 49.9 Å². The number of nitrogens with zero attached hydrogens (tertiary/aromatic N) is 2. The molecule has 2 saturated heterocycles. The van der Waals surface area contributed by atoms with Crippen molar-refractivity contribution in [1.82, 2.24) is 9.62 Å². The molecule has 4 rings (SSSR count). The number of amides is 1. The molecule has 2 aliphatic rings. The average Bonchev–Trinajstić information content (AvgIpc) is 3.46. The van der Waals surface area contributed by atoms with Crippen LogP contribution >= 0.6 is 23.1 Å². The van der Waals surface area contributed by atoms with E-state index in [1.165, 1.54) is 21.3 Å². The van der Waals surface area contributed by atoms with Crippen LogP contribution in [0.4, 0.5) is 5.69 Å². The van der Waals surface area contributed by atoms with Crippen molar-refractivity contribution in [2.75, 3.05) is 42.6 Å². The fourth-order valence-corrected chi connectivity index (χ4v) is 7.38. The first-order valence-electron chi connectivity index (χ1n) is 9.83. The van der Waals surface area contributed by atoms with Crippen LogP contribution < -0.4 is 10.2 Å². The third-order valence-corrected chi connectivity index (χ3v) is 9.21. The highest BCUT2D eigenvalue weighted by Gasteiger charge is 2.31. The molecule has 0 radical (unpaired) electrons. The Bertz CT molecular complexity index is 945. The molecule has 9 heteroatoms. The van der Waals surface area contributed by atoms with Crippen LogP contribution in [-0.2, 0) is 16.6 Å². The number of rotatable bonds is 6. The van der Waals surface area contributed by atoms with Crippen molar-refractivity contribution < 1.29 is 13.2 Å². The highest BCUT2D eigenvalue weighted by atomic mass is 32.2. The van der Waals surface area contributed by atoms with E-state index in [-0.39, 0.29) is 15.7 Å². The number of nitrogens with one attached hydrogen (secondary N) is 1. The van der Waals surface area contributed by atoms with Gasteiger partial charge in [-0.05, 0) is 42.0 Å². The van der Waals surface area contributed by atoms with Crippen molar-refractivity contribution in [2.24, 2.45) is 0 Å². The molecule has 2 fully saturated rings. The van der Waals surface area contributed by atoms with Crippen LogP contribution in [0.5, 0.6) is 0 Å². The van der Waals surface area contributed by atoms with Crippen LogP contribution in [-0.4, -0.2) is 56.3 Å². The largest absolute Gasteiger partial charge is 0.370 e. The normalized spacial score (nSPS) is 18.1. The van der Waals surface area contributed by atoms with E-state index >= 15 is 0 Å². The number of hydrogen-bond acceptors (Lipinski definition) is 6. The van der Waals surface area contributed by atoms with E-state index in [4.69, 9.17) is 0 Å². The molecule has 2 aromatic rings. The SMILES string of the molecule is O=C(NCc1ccc(N2CCSCC2)cc1)c1sccc1S(=O)(=O)N1CCCC1. The first-order valence-corrected chi connectivity index (χ1v) is 13.3. The van der Waals surface area contributed by atoms with Crippen LogP contribution in [0.1, 0.15) is 28.1 Å². The average molecular weight is 452 g/mol. The molecule has 0 saturated carbocycles. The number of thioether (sulfide) groups is 1. The van der Waals surface area contributed by atoms with Gasteiger partial charge in [0.05, 0.1) is 0 Å². The fraction of sp³-hybridized carbons (Fsp3) is 0.450. The van der Waals surface area contributed by atoms with E-state index < -0.39 is 10.0 Å². The molecular weight excluding hydrogens is 426 g/mol. The molecule has 1 amide bonds. The summed E-state index contributed by atoms with van der Waals surface area (Å²) in [5.41, 5.74) is 2.20. The Morgan fingerprint density at radius 1 is 1.00 bits per heavy atom. The van der Waals surface area contributed by atoms with Gasteiger partial charge in [-0.3, -0.25) is 4.79 Å². The summed E-state index contributed by atoms with van der Waals surface area (Å²) >= 11 is 3.16. The third-order valence-electron chi connectivity index (χ3n) is 5.28. The molecule has 1 aromatic carbocycles. The van der Waals surface area contributed by atoms with E-state index in [2.05, 4.69) is 22.3 Å². The topological polar surface area (TPSA) is 69.7 Å². The van der Waals surface area contributed by atoms with Crippen LogP contribution in [0, 0.1) is 0 Å². The summed E-state index contributed by atoms with van der Waals surface area (Å²) < 4.78 is 27.1. The van der Waals surface area contributed by atoms with Gasteiger partial charge in [-0.15, -0.1) is 11.3 Å². The standard InChI is InChI=1S/C20H25N3O3S3/c24-20(19-18(7-12-28-19)29(25,26)23-8-1-2-9-23)21-15-16-3-5-17(6-4-16)22-10-13-27-14-11-22/h3-7,12H,1-2,8-11,13-15H2,(H,21,24). The minimum atomic E-state index is -3.60. The number of hydrogen-bond donors (Lipinski definition) is 1. The van der Waals surface area contributed by atoms with Crippen molar-refractivity contribution in [3.63, 3.8) is 0 Å². The molecule has 0 aliphatic carbocycles. The second kappa shape index (κ2) is 9.07. The molecule has 0 atom stereocenters. The molecule has 0 bridgehead atoms. The Kier molecular flexibility index (Phi) is 6.48. The second-order valence-electron chi connectivity index (χ2n) is 7.17. The van der Waals surface area contributed by atoms with Crippen molar-refractivity contribution in [3.8, 4) is 0 Å². The minimum absolute atomic E-state index is 0.125. The Labute approximate surface area is 180 Å². The van der Waals surface area contributed by atoms with Crippen molar-refractivity contribution in [3.05, 3.63) is 46.2 Å². The van der Waals surface area contributed by atoms with E-state index in [1.807, 2.05) is 23.9 Å². The highest BCUT2D eigenvalue weighted by Crippen LogP contribution is 2.27. The maximum Gasteiger partial charge on any atom is 0.263 e. The summed E-state index contributed by atoms with van der Waals surface area (Å²) in [5.74, 6) is 1.97. The zero-order chi connectivity index (χ0) is 20.3. The lowest BCUT2D eigenvalue weighted by atomic mass is 10.2. The molecular formula is C20H25N3O3S3. The summed E-state index contributed by atoms with van der Waals surface area (Å²) in [4.78, 5) is 15.4. The molecule has 0 unspecified atom stereocenters. The number of carbonyl (C=O) groups is 1. The van der Waals surface area contributed by atoms with E-state index in [0.717, 1.165) is 43.0 Å². The first-order chi connectivity index (χ1) is 14.1. The van der Waals surface area contributed by atoms with Gasteiger partial charge in [0.25, 0.3) is 5.91 Å². The number of carbonyl (C=O) groups excluding carboxylic acids is 1. The van der Waals surface area contributed by atoms with E-state index in [9.17, 15) is 13.2 Å². The lowest BCUT2D eigenvalue weighted by Crippen LogP contribution is -2.32. The van der Waals surface area contributed by atoms with Crippen LogP contribution in [0.2, 0.25) is 0 Å². The maximum absolute atomic E-state index is 12.8. The maximum atomic E-state index is 12.8. The number of anilines is 1. The van der Waals surface area contributed by atoms with Crippen LogP contribution in [0.3, 0.4) is 0 Å². The smallest absolute Gasteiger partial charge is 0.263 e. The molecule has 1 N–H and O–H groups in total. The quantitative estimate of drug-likeness (QED) is 0.731. The summed E-state index contributed by atoms with van der Waals surface area (Å²) in [6.45, 7) is 3.56.